The predicted octanol–water partition coefficient (Wildman–Crippen LogP) is 1.76. The summed E-state index contributed by atoms with van der Waals surface area (Å²) in [4.78, 5) is 3.76. The molecule has 1 aromatic rings. The number of hydrogen-bond acceptors (Lipinski definition) is 2. The van der Waals surface area contributed by atoms with Crippen molar-refractivity contribution in [2.24, 2.45) is 10.7 Å². The number of aromatic hydroxyl groups is 1. The van der Waals surface area contributed by atoms with Crippen LogP contribution in [0.4, 0.5) is 10.1 Å². The summed E-state index contributed by atoms with van der Waals surface area (Å²) >= 11 is 5.37. The van der Waals surface area contributed by atoms with Gasteiger partial charge in [-0.15, -0.1) is 11.6 Å². The van der Waals surface area contributed by atoms with Crippen LogP contribution < -0.4 is 5.73 Å². The predicted molar refractivity (Wildman–Crippen MR) is 50.1 cm³/mol. The summed E-state index contributed by atoms with van der Waals surface area (Å²) in [6, 6.07) is 3.46. The minimum atomic E-state index is -0.527. The molecule has 0 unspecified atom stereocenters. The third kappa shape index (κ3) is 2.59. The van der Waals surface area contributed by atoms with Gasteiger partial charge in [0.05, 0.1) is 5.88 Å². The van der Waals surface area contributed by atoms with Crippen LogP contribution in [0.3, 0.4) is 0 Å². The fourth-order valence-corrected chi connectivity index (χ4v) is 0.835. The highest BCUT2D eigenvalue weighted by molar-refractivity contribution is 6.28. The third-order valence-corrected chi connectivity index (χ3v) is 1.61. The number of halogens is 2. The molecule has 0 saturated heterocycles. The van der Waals surface area contributed by atoms with E-state index in [1.807, 2.05) is 0 Å². The van der Waals surface area contributed by atoms with Gasteiger partial charge in [0.15, 0.2) is 0 Å². The largest absolute Gasteiger partial charge is 0.506 e. The standard InChI is InChI=1S/C8H8ClFN2O/c9-4-8(11)12-6-2-1-5(10)3-7(6)13/h1-3,13H,4H2,(H2,11,12). The summed E-state index contributed by atoms with van der Waals surface area (Å²) in [7, 11) is 0. The lowest BCUT2D eigenvalue weighted by atomic mass is 10.3. The van der Waals surface area contributed by atoms with E-state index in [1.165, 1.54) is 12.1 Å². The molecule has 13 heavy (non-hydrogen) atoms. The molecule has 0 bridgehead atoms. The smallest absolute Gasteiger partial charge is 0.144 e. The van der Waals surface area contributed by atoms with Gasteiger partial charge >= 0.3 is 0 Å². The lowest BCUT2D eigenvalue weighted by Gasteiger charge is -1.99. The summed E-state index contributed by atoms with van der Waals surface area (Å²) in [5, 5.41) is 9.19. The first-order chi connectivity index (χ1) is 6.13. The van der Waals surface area contributed by atoms with E-state index in [4.69, 9.17) is 17.3 Å². The molecule has 0 aliphatic carbocycles. The summed E-state index contributed by atoms with van der Waals surface area (Å²) in [6.07, 6.45) is 0. The molecule has 3 nitrogen and oxygen atoms in total. The van der Waals surface area contributed by atoms with Gasteiger partial charge in [0, 0.05) is 6.07 Å². The number of nitrogens with zero attached hydrogens (tertiary/aromatic N) is 1. The fourth-order valence-electron chi connectivity index (χ4n) is 0.776. The SMILES string of the molecule is NC(CCl)=Nc1ccc(F)cc1O. The lowest BCUT2D eigenvalue weighted by molar-refractivity contribution is 0.470. The lowest BCUT2D eigenvalue weighted by Crippen LogP contribution is -2.12. The van der Waals surface area contributed by atoms with Crippen molar-refractivity contribution in [3.63, 3.8) is 0 Å². The van der Waals surface area contributed by atoms with E-state index in [0.717, 1.165) is 6.07 Å². The van der Waals surface area contributed by atoms with Gasteiger partial charge < -0.3 is 10.8 Å². The molecule has 0 amide bonds. The van der Waals surface area contributed by atoms with E-state index in [-0.39, 0.29) is 23.2 Å². The topological polar surface area (TPSA) is 58.6 Å². The quantitative estimate of drug-likeness (QED) is 0.436. The van der Waals surface area contributed by atoms with Crippen LogP contribution in [0, 0.1) is 5.82 Å². The van der Waals surface area contributed by atoms with Crippen LogP contribution in [0.5, 0.6) is 5.75 Å². The molecule has 70 valence electrons. The summed E-state index contributed by atoms with van der Waals surface area (Å²) < 4.78 is 12.5. The number of rotatable bonds is 2. The van der Waals surface area contributed by atoms with E-state index >= 15 is 0 Å². The molecule has 3 N–H and O–H groups in total. The second kappa shape index (κ2) is 4.09. The summed E-state index contributed by atoms with van der Waals surface area (Å²) in [6.45, 7) is 0. The van der Waals surface area contributed by atoms with Crippen LogP contribution in [0.1, 0.15) is 0 Å². The molecule has 1 aromatic carbocycles. The number of alkyl halides is 1. The zero-order chi connectivity index (χ0) is 9.84. The maximum atomic E-state index is 12.5. The minimum Gasteiger partial charge on any atom is -0.506 e. The van der Waals surface area contributed by atoms with Gasteiger partial charge in [0.25, 0.3) is 0 Å². The molecule has 0 aliphatic heterocycles. The monoisotopic (exact) mass is 202 g/mol. The molecule has 0 aliphatic rings. The minimum absolute atomic E-state index is 0.0663. The Hall–Kier alpha value is -1.29. The molecule has 0 aromatic heterocycles. The van der Waals surface area contributed by atoms with Crippen molar-refractivity contribution >= 4 is 23.1 Å². The van der Waals surface area contributed by atoms with Gasteiger partial charge in [-0.3, -0.25) is 0 Å². The Morgan fingerprint density at radius 2 is 2.31 bits per heavy atom. The fraction of sp³-hybridized carbons (Fsp3) is 0.125. The van der Waals surface area contributed by atoms with Crippen LogP contribution in [-0.2, 0) is 0 Å². The van der Waals surface area contributed by atoms with Crippen molar-refractivity contribution in [1.29, 1.82) is 0 Å². The molecule has 0 radical (unpaired) electrons. The van der Waals surface area contributed by atoms with Crippen LogP contribution >= 0.6 is 11.6 Å². The molecule has 0 saturated carbocycles. The van der Waals surface area contributed by atoms with Gasteiger partial charge in [0.1, 0.15) is 23.1 Å². The van der Waals surface area contributed by atoms with Crippen molar-refractivity contribution in [2.75, 3.05) is 5.88 Å². The Bertz CT molecular complexity index is 341. The Balaban J connectivity index is 3.03. The summed E-state index contributed by atoms with van der Waals surface area (Å²) in [5.74, 6) is -0.547. The van der Waals surface area contributed by atoms with Crippen molar-refractivity contribution < 1.29 is 9.50 Å². The van der Waals surface area contributed by atoms with Gasteiger partial charge in [-0.2, -0.15) is 0 Å². The zero-order valence-electron chi connectivity index (χ0n) is 6.67. The van der Waals surface area contributed by atoms with Crippen molar-refractivity contribution in [3.8, 4) is 5.75 Å². The Kier molecular flexibility index (Phi) is 3.08. The van der Waals surface area contributed by atoms with Crippen LogP contribution in [0.15, 0.2) is 23.2 Å². The average molecular weight is 203 g/mol. The molecule has 5 heteroatoms. The van der Waals surface area contributed by atoms with Gasteiger partial charge in [-0.05, 0) is 12.1 Å². The number of aliphatic imine (C=N–C) groups is 1. The second-order valence-electron chi connectivity index (χ2n) is 2.37. The van der Waals surface area contributed by atoms with E-state index in [2.05, 4.69) is 4.99 Å². The van der Waals surface area contributed by atoms with E-state index in [1.54, 1.807) is 0 Å². The molecular formula is C8H8ClFN2O. The molecular weight excluding hydrogens is 195 g/mol. The van der Waals surface area contributed by atoms with Crippen molar-refractivity contribution in [3.05, 3.63) is 24.0 Å². The van der Waals surface area contributed by atoms with Crippen LogP contribution in [-0.4, -0.2) is 16.8 Å². The van der Waals surface area contributed by atoms with E-state index in [0.29, 0.717) is 0 Å². The number of benzene rings is 1. The molecule has 1 rings (SSSR count). The first kappa shape index (κ1) is 9.80. The zero-order valence-corrected chi connectivity index (χ0v) is 7.42. The number of amidine groups is 1. The second-order valence-corrected chi connectivity index (χ2v) is 2.64. The van der Waals surface area contributed by atoms with E-state index in [9.17, 15) is 9.50 Å². The molecule has 0 spiro atoms. The van der Waals surface area contributed by atoms with Gasteiger partial charge in [-0.1, -0.05) is 0 Å². The Morgan fingerprint density at radius 3 is 2.85 bits per heavy atom. The molecule has 0 atom stereocenters. The van der Waals surface area contributed by atoms with Crippen molar-refractivity contribution in [1.82, 2.24) is 0 Å². The molecule has 0 heterocycles. The normalized spacial score (nSPS) is 11.7. The first-order valence-corrected chi connectivity index (χ1v) is 4.04. The number of hydrogen-bond donors (Lipinski definition) is 2. The summed E-state index contributed by atoms with van der Waals surface area (Å²) in [5.41, 5.74) is 5.53. The highest BCUT2D eigenvalue weighted by Crippen LogP contribution is 2.26. The Morgan fingerprint density at radius 1 is 1.62 bits per heavy atom. The maximum absolute atomic E-state index is 12.5. The third-order valence-electron chi connectivity index (χ3n) is 1.34. The molecule has 0 fully saturated rings. The van der Waals surface area contributed by atoms with Gasteiger partial charge in [0.2, 0.25) is 0 Å². The maximum Gasteiger partial charge on any atom is 0.144 e. The average Bonchev–Trinajstić information content (AvgIpc) is 2.09. The van der Waals surface area contributed by atoms with Crippen LogP contribution in [0.2, 0.25) is 0 Å². The number of phenols is 1. The van der Waals surface area contributed by atoms with Crippen LogP contribution in [0.25, 0.3) is 0 Å². The number of nitrogens with two attached hydrogens (primary N) is 1. The van der Waals surface area contributed by atoms with Crippen molar-refractivity contribution in [2.45, 2.75) is 0 Å². The van der Waals surface area contributed by atoms with Gasteiger partial charge in [-0.25, -0.2) is 9.38 Å². The highest BCUT2D eigenvalue weighted by atomic mass is 35.5. The number of phenolic OH excluding ortho intramolecular Hbond substituents is 1. The Labute approximate surface area is 79.7 Å². The first-order valence-electron chi connectivity index (χ1n) is 3.51. The highest BCUT2D eigenvalue weighted by Gasteiger charge is 2.01. The van der Waals surface area contributed by atoms with E-state index < -0.39 is 5.82 Å².